The molecule has 0 N–H and O–H groups in total. The van der Waals surface area contributed by atoms with Crippen molar-refractivity contribution < 1.29 is 9.47 Å². The van der Waals surface area contributed by atoms with Gasteiger partial charge in [0.15, 0.2) is 11.5 Å². The van der Waals surface area contributed by atoms with Gasteiger partial charge in [0.05, 0.1) is 13.7 Å². The van der Waals surface area contributed by atoms with Gasteiger partial charge in [-0.2, -0.15) is 0 Å². The van der Waals surface area contributed by atoms with Crippen molar-refractivity contribution in [2.24, 2.45) is 0 Å². The molecule has 1 unspecified atom stereocenters. The Bertz CT molecular complexity index is 723. The van der Waals surface area contributed by atoms with Crippen LogP contribution in [0.4, 0.5) is 0 Å². The summed E-state index contributed by atoms with van der Waals surface area (Å²) in [6.07, 6.45) is 5.39. The van der Waals surface area contributed by atoms with Crippen LogP contribution in [0.1, 0.15) is 31.0 Å². The molecular weight excluding hydrogens is 350 g/mol. The van der Waals surface area contributed by atoms with E-state index in [4.69, 9.17) is 9.47 Å². The van der Waals surface area contributed by atoms with Gasteiger partial charge in [0, 0.05) is 44.0 Å². The lowest BCUT2D eigenvalue weighted by atomic mass is 10.0. The van der Waals surface area contributed by atoms with Crippen LogP contribution < -0.4 is 9.47 Å². The van der Waals surface area contributed by atoms with E-state index in [1.54, 1.807) is 7.11 Å². The first kappa shape index (κ1) is 20.6. The van der Waals surface area contributed by atoms with Gasteiger partial charge in [-0.25, -0.2) is 0 Å². The highest BCUT2D eigenvalue weighted by Gasteiger charge is 2.23. The summed E-state index contributed by atoms with van der Waals surface area (Å²) in [4.78, 5) is 9.50. The van der Waals surface area contributed by atoms with Crippen LogP contribution in [0, 0.1) is 0 Å². The number of likely N-dealkylation sites (N-methyl/N-ethyl adjacent to an activating group) is 1. The topological polar surface area (TPSA) is 37.8 Å². The van der Waals surface area contributed by atoms with Crippen LogP contribution in [0.2, 0.25) is 0 Å². The molecule has 1 aliphatic rings. The normalized spacial score (nSPS) is 17.6. The molecule has 0 radical (unpaired) electrons. The number of likely N-dealkylation sites (tertiary alicyclic amines) is 1. The standard InChI is InChI=1S/C23H33N3O2/c1-4-28-23-16-19(10-11-22(23)27-3)17-26-14-7-9-21(18-26)25(2)15-12-20-8-5-6-13-24-20/h5-6,8,10-11,13,16,21H,4,7,9,12,14-15,17-18H2,1-3H3. The van der Waals surface area contributed by atoms with Crippen LogP contribution in [-0.2, 0) is 13.0 Å². The van der Waals surface area contributed by atoms with Crippen LogP contribution in [-0.4, -0.2) is 61.2 Å². The number of rotatable bonds is 9. The highest BCUT2D eigenvalue weighted by atomic mass is 16.5. The molecule has 0 bridgehead atoms. The lowest BCUT2D eigenvalue weighted by Crippen LogP contribution is -2.46. The minimum Gasteiger partial charge on any atom is -0.493 e. The lowest BCUT2D eigenvalue weighted by molar-refractivity contribution is 0.112. The summed E-state index contributed by atoms with van der Waals surface area (Å²) in [5, 5.41) is 0. The van der Waals surface area contributed by atoms with Gasteiger partial charge in [0.2, 0.25) is 0 Å². The molecular formula is C23H33N3O2. The predicted molar refractivity (Wildman–Crippen MR) is 113 cm³/mol. The summed E-state index contributed by atoms with van der Waals surface area (Å²) >= 11 is 0. The molecule has 1 atom stereocenters. The molecule has 2 aromatic rings. The molecule has 1 saturated heterocycles. The summed E-state index contributed by atoms with van der Waals surface area (Å²) in [7, 11) is 3.94. The first-order valence-corrected chi connectivity index (χ1v) is 10.3. The largest absolute Gasteiger partial charge is 0.493 e. The number of methoxy groups -OCH3 is 1. The molecule has 1 fully saturated rings. The molecule has 5 nitrogen and oxygen atoms in total. The van der Waals surface area contributed by atoms with E-state index in [9.17, 15) is 0 Å². The van der Waals surface area contributed by atoms with Gasteiger partial charge in [-0.3, -0.25) is 9.88 Å². The van der Waals surface area contributed by atoms with Gasteiger partial charge in [-0.05, 0) is 63.2 Å². The van der Waals surface area contributed by atoms with Gasteiger partial charge in [0.25, 0.3) is 0 Å². The van der Waals surface area contributed by atoms with Gasteiger partial charge >= 0.3 is 0 Å². The van der Waals surface area contributed by atoms with Crippen molar-refractivity contribution in [2.45, 2.75) is 38.8 Å². The Kier molecular flexibility index (Phi) is 7.69. The summed E-state index contributed by atoms with van der Waals surface area (Å²) in [6, 6.07) is 13.0. The maximum Gasteiger partial charge on any atom is 0.161 e. The third kappa shape index (κ3) is 5.69. The van der Waals surface area contributed by atoms with Gasteiger partial charge in [0.1, 0.15) is 0 Å². The number of ether oxygens (including phenoxy) is 2. The average molecular weight is 384 g/mol. The molecule has 0 saturated carbocycles. The second-order valence-electron chi connectivity index (χ2n) is 7.50. The summed E-state index contributed by atoms with van der Waals surface area (Å²) in [5.41, 5.74) is 2.45. The van der Waals surface area contributed by atoms with Crippen LogP contribution >= 0.6 is 0 Å². The van der Waals surface area contributed by atoms with Crippen LogP contribution in [0.25, 0.3) is 0 Å². The van der Waals surface area contributed by atoms with E-state index in [0.29, 0.717) is 12.6 Å². The Labute approximate surface area is 169 Å². The second kappa shape index (κ2) is 10.4. The maximum absolute atomic E-state index is 5.73. The Balaban J connectivity index is 1.55. The Hall–Kier alpha value is -2.11. The lowest BCUT2D eigenvalue weighted by Gasteiger charge is -2.37. The monoisotopic (exact) mass is 383 g/mol. The minimum atomic E-state index is 0.599. The zero-order valence-electron chi connectivity index (χ0n) is 17.4. The first-order chi connectivity index (χ1) is 13.7. The summed E-state index contributed by atoms with van der Waals surface area (Å²) in [6.45, 7) is 6.91. The van der Waals surface area contributed by atoms with Crippen LogP contribution in [0.5, 0.6) is 11.5 Å². The van der Waals surface area contributed by atoms with Crippen molar-refractivity contribution in [3.05, 3.63) is 53.9 Å². The fourth-order valence-electron chi connectivity index (χ4n) is 3.90. The van der Waals surface area contributed by atoms with Gasteiger partial charge < -0.3 is 14.4 Å². The highest BCUT2D eigenvalue weighted by molar-refractivity contribution is 5.43. The van der Waals surface area contributed by atoms with Gasteiger partial charge in [-0.1, -0.05) is 12.1 Å². The molecule has 0 spiro atoms. The number of hydrogen-bond acceptors (Lipinski definition) is 5. The molecule has 2 heterocycles. The smallest absolute Gasteiger partial charge is 0.161 e. The minimum absolute atomic E-state index is 0.599. The Morgan fingerprint density at radius 3 is 2.86 bits per heavy atom. The molecule has 28 heavy (non-hydrogen) atoms. The number of hydrogen-bond donors (Lipinski definition) is 0. The third-order valence-electron chi connectivity index (χ3n) is 5.48. The molecule has 152 valence electrons. The fourth-order valence-corrected chi connectivity index (χ4v) is 3.90. The van der Waals surface area contributed by atoms with E-state index < -0.39 is 0 Å². The number of pyridine rings is 1. The molecule has 0 amide bonds. The highest BCUT2D eigenvalue weighted by Crippen LogP contribution is 2.29. The number of aromatic nitrogens is 1. The predicted octanol–water partition coefficient (Wildman–Crippen LogP) is 3.63. The van der Waals surface area contributed by atoms with Crippen molar-refractivity contribution in [2.75, 3.05) is 40.4 Å². The second-order valence-corrected chi connectivity index (χ2v) is 7.50. The molecule has 1 aromatic carbocycles. The summed E-state index contributed by atoms with van der Waals surface area (Å²) in [5.74, 6) is 1.64. The molecule has 0 aliphatic carbocycles. The van der Waals surface area contributed by atoms with E-state index in [1.807, 2.05) is 25.3 Å². The van der Waals surface area contributed by atoms with E-state index in [2.05, 4.69) is 46.1 Å². The Morgan fingerprint density at radius 2 is 2.11 bits per heavy atom. The van der Waals surface area contributed by atoms with E-state index in [0.717, 1.165) is 44.1 Å². The quantitative estimate of drug-likeness (QED) is 0.661. The van der Waals surface area contributed by atoms with Crippen molar-refractivity contribution >= 4 is 0 Å². The van der Waals surface area contributed by atoms with E-state index in [1.165, 1.54) is 24.1 Å². The molecule has 1 aliphatic heterocycles. The SMILES string of the molecule is CCOc1cc(CN2CCCC(N(C)CCc3ccccn3)C2)ccc1OC. The van der Waals surface area contributed by atoms with Gasteiger partial charge in [-0.15, -0.1) is 0 Å². The number of benzene rings is 1. The fraction of sp³-hybridized carbons (Fsp3) is 0.522. The first-order valence-electron chi connectivity index (χ1n) is 10.3. The van der Waals surface area contributed by atoms with Crippen molar-refractivity contribution in [3.8, 4) is 11.5 Å². The molecule has 1 aromatic heterocycles. The zero-order valence-corrected chi connectivity index (χ0v) is 17.4. The van der Waals surface area contributed by atoms with Crippen molar-refractivity contribution in [1.82, 2.24) is 14.8 Å². The van der Waals surface area contributed by atoms with E-state index in [-0.39, 0.29) is 0 Å². The maximum atomic E-state index is 5.73. The van der Waals surface area contributed by atoms with Crippen LogP contribution in [0.15, 0.2) is 42.6 Å². The molecule has 3 rings (SSSR count). The van der Waals surface area contributed by atoms with E-state index >= 15 is 0 Å². The molecule has 5 heteroatoms. The third-order valence-corrected chi connectivity index (χ3v) is 5.48. The summed E-state index contributed by atoms with van der Waals surface area (Å²) < 4.78 is 11.1. The van der Waals surface area contributed by atoms with Crippen molar-refractivity contribution in [1.29, 1.82) is 0 Å². The van der Waals surface area contributed by atoms with Crippen molar-refractivity contribution in [3.63, 3.8) is 0 Å². The Morgan fingerprint density at radius 1 is 1.21 bits per heavy atom. The number of piperidine rings is 1. The average Bonchev–Trinajstić information content (AvgIpc) is 2.73. The number of nitrogens with zero attached hydrogens (tertiary/aromatic N) is 3. The zero-order chi connectivity index (χ0) is 19.8. The van der Waals surface area contributed by atoms with Crippen LogP contribution in [0.3, 0.4) is 0 Å².